The van der Waals surface area contributed by atoms with Gasteiger partial charge in [-0.15, -0.1) is 0 Å². The molecule has 7 rings (SSSR count). The van der Waals surface area contributed by atoms with Gasteiger partial charge in [-0.1, -0.05) is 68.0 Å². The molecule has 0 spiro atoms. The second kappa shape index (κ2) is 8.23. The Kier molecular flexibility index (Phi) is 5.16. The number of allylic oxidation sites excluding steroid dienone is 2. The van der Waals surface area contributed by atoms with Crippen LogP contribution in [0.2, 0.25) is 0 Å². The molecule has 1 heterocycles. The van der Waals surface area contributed by atoms with Crippen LogP contribution in [0.15, 0.2) is 66.7 Å². The van der Waals surface area contributed by atoms with Gasteiger partial charge in [0.05, 0.1) is 11.8 Å². The van der Waals surface area contributed by atoms with Crippen molar-refractivity contribution in [3.05, 3.63) is 77.9 Å². The number of likely N-dealkylation sites (tertiary alicyclic amines) is 1. The van der Waals surface area contributed by atoms with Gasteiger partial charge in [0.2, 0.25) is 11.8 Å². The van der Waals surface area contributed by atoms with Crippen LogP contribution >= 0.6 is 0 Å². The number of nitrogens with zero attached hydrogens (tertiary/aromatic N) is 1. The number of esters is 1. The lowest BCUT2D eigenvalue weighted by molar-refractivity contribution is -0.153. The van der Waals surface area contributed by atoms with Crippen molar-refractivity contribution in [2.24, 2.45) is 35.5 Å². The fraction of sp³-hybridized carbons (Fsp3) is 0.414. The maximum absolute atomic E-state index is 13.7. The van der Waals surface area contributed by atoms with Crippen LogP contribution in [0.5, 0.6) is 5.75 Å². The number of carbonyl (C=O) groups excluding carboxylic acids is 3. The van der Waals surface area contributed by atoms with Gasteiger partial charge in [-0.05, 0) is 59.8 Å². The first kappa shape index (κ1) is 21.3. The Hall–Kier alpha value is -3.21. The van der Waals surface area contributed by atoms with Crippen LogP contribution in [0.3, 0.4) is 0 Å². The zero-order chi connectivity index (χ0) is 23.4. The Morgan fingerprint density at radius 1 is 0.912 bits per heavy atom. The second-order valence-electron chi connectivity index (χ2n) is 10.2. The van der Waals surface area contributed by atoms with Crippen molar-refractivity contribution < 1.29 is 19.1 Å². The molecule has 2 aromatic carbocycles. The van der Waals surface area contributed by atoms with E-state index in [1.54, 1.807) is 12.1 Å². The molecule has 5 aliphatic rings. The summed E-state index contributed by atoms with van der Waals surface area (Å²) < 4.78 is 5.74. The Labute approximate surface area is 199 Å². The molecule has 5 heteroatoms. The lowest BCUT2D eigenvalue weighted by Crippen LogP contribution is -2.48. The molecule has 4 aliphatic carbocycles. The summed E-state index contributed by atoms with van der Waals surface area (Å²) in [5.74, 6) is 0.119. The summed E-state index contributed by atoms with van der Waals surface area (Å²) in [5.41, 5.74) is 2.07. The second-order valence-corrected chi connectivity index (χ2v) is 10.2. The van der Waals surface area contributed by atoms with Gasteiger partial charge in [-0.2, -0.15) is 0 Å². The monoisotopic (exact) mass is 455 g/mol. The van der Waals surface area contributed by atoms with Crippen LogP contribution < -0.4 is 4.74 Å². The van der Waals surface area contributed by atoms with Crippen LogP contribution in [0.25, 0.3) is 0 Å². The number of carbonyl (C=O) groups is 3. The number of aryl methyl sites for hydroxylation is 1. The van der Waals surface area contributed by atoms with Crippen LogP contribution in [-0.4, -0.2) is 28.7 Å². The first-order valence-electron chi connectivity index (χ1n) is 12.5. The third-order valence-electron chi connectivity index (χ3n) is 8.23. The summed E-state index contributed by atoms with van der Waals surface area (Å²) in [6, 6.07) is 16.0. The van der Waals surface area contributed by atoms with Crippen LogP contribution in [-0.2, 0) is 27.2 Å². The smallest absolute Gasteiger partial charge is 0.335 e. The lowest BCUT2D eigenvalue weighted by Gasteiger charge is -2.37. The number of hydrogen-bond acceptors (Lipinski definition) is 4. The minimum Gasteiger partial charge on any atom is -0.425 e. The fourth-order valence-electron chi connectivity index (χ4n) is 6.60. The number of hydrogen-bond donors (Lipinski definition) is 0. The number of imide groups is 1. The van der Waals surface area contributed by atoms with Crippen LogP contribution in [0.1, 0.15) is 30.9 Å². The molecule has 0 N–H and O–H groups in total. The molecule has 0 radical (unpaired) electrons. The molecule has 1 aliphatic heterocycles. The Morgan fingerprint density at radius 3 is 2.12 bits per heavy atom. The Balaban J connectivity index is 1.29. The van der Waals surface area contributed by atoms with E-state index >= 15 is 0 Å². The predicted octanol–water partition coefficient (Wildman–Crippen LogP) is 4.21. The number of amides is 2. The van der Waals surface area contributed by atoms with Gasteiger partial charge in [0.1, 0.15) is 11.8 Å². The summed E-state index contributed by atoms with van der Waals surface area (Å²) in [7, 11) is 0. The Morgan fingerprint density at radius 2 is 1.53 bits per heavy atom. The van der Waals surface area contributed by atoms with E-state index in [0.29, 0.717) is 17.6 Å². The third kappa shape index (κ3) is 3.41. The van der Waals surface area contributed by atoms with Gasteiger partial charge in [-0.25, -0.2) is 4.79 Å². The Bertz CT molecular complexity index is 1120. The van der Waals surface area contributed by atoms with Gasteiger partial charge >= 0.3 is 5.97 Å². The van der Waals surface area contributed by atoms with Crippen molar-refractivity contribution in [3.63, 3.8) is 0 Å². The van der Waals surface area contributed by atoms with Gasteiger partial charge in [0, 0.05) is 6.42 Å². The van der Waals surface area contributed by atoms with Crippen molar-refractivity contribution in [2.45, 2.75) is 38.6 Å². The van der Waals surface area contributed by atoms with Crippen molar-refractivity contribution in [2.75, 3.05) is 0 Å². The first-order valence-corrected chi connectivity index (χ1v) is 12.5. The molecule has 174 valence electrons. The molecular weight excluding hydrogens is 426 g/mol. The quantitative estimate of drug-likeness (QED) is 0.272. The van der Waals surface area contributed by atoms with Crippen LogP contribution in [0, 0.1) is 35.5 Å². The summed E-state index contributed by atoms with van der Waals surface area (Å²) in [6.07, 6.45) is 7.66. The minimum atomic E-state index is -0.973. The molecule has 7 atom stereocenters. The van der Waals surface area contributed by atoms with Gasteiger partial charge in [0.25, 0.3) is 0 Å². The molecule has 0 unspecified atom stereocenters. The average Bonchev–Trinajstić information content (AvgIpc) is 3.63. The molecule has 1 saturated heterocycles. The molecule has 34 heavy (non-hydrogen) atoms. The fourth-order valence-corrected chi connectivity index (χ4v) is 6.60. The standard InChI is InChI=1S/C29H29NO4/c1-2-6-17-9-11-19(12-10-17)34-29(33)24(15-18-7-4-3-5-8-18)30-27(31)25-20-13-14-21(23-16-22(20)23)26(25)28(30)32/h3-5,7-14,20-26H,2,6,15-16H2,1H3/t20-,21-,22-,23-,24-,25+,26+/m0/s1. The number of rotatable bonds is 7. The summed E-state index contributed by atoms with van der Waals surface area (Å²) >= 11 is 0. The number of benzene rings is 2. The molecule has 2 amide bonds. The molecular formula is C29H29NO4. The van der Waals surface area contributed by atoms with E-state index in [4.69, 9.17) is 4.74 Å². The largest absolute Gasteiger partial charge is 0.425 e. The van der Waals surface area contributed by atoms with E-state index in [-0.39, 0.29) is 41.9 Å². The minimum absolute atomic E-state index is 0.126. The van der Waals surface area contributed by atoms with E-state index in [1.165, 1.54) is 10.5 Å². The highest BCUT2D eigenvalue weighted by molar-refractivity contribution is 6.09. The molecule has 0 aromatic heterocycles. The molecule has 2 bridgehead atoms. The van der Waals surface area contributed by atoms with Crippen molar-refractivity contribution in [3.8, 4) is 5.75 Å². The predicted molar refractivity (Wildman–Crippen MR) is 127 cm³/mol. The zero-order valence-electron chi connectivity index (χ0n) is 19.3. The SMILES string of the molecule is CCCc1ccc(OC(=O)[C@H](Cc2ccccc2)N2C(=O)[C@@H]3[C@H]4C=C[C@@H]([C@@H]5C[C@@H]45)[C@H]3C2=O)cc1. The lowest BCUT2D eigenvalue weighted by atomic mass is 9.63. The van der Waals surface area contributed by atoms with Gasteiger partial charge in [0.15, 0.2) is 0 Å². The van der Waals surface area contributed by atoms with Crippen LogP contribution in [0.4, 0.5) is 0 Å². The van der Waals surface area contributed by atoms with Gasteiger partial charge < -0.3 is 4.74 Å². The maximum atomic E-state index is 13.7. The van der Waals surface area contributed by atoms with Gasteiger partial charge in [-0.3, -0.25) is 14.5 Å². The molecule has 2 saturated carbocycles. The van der Waals surface area contributed by atoms with E-state index < -0.39 is 12.0 Å². The first-order chi connectivity index (χ1) is 16.6. The normalized spacial score (nSPS) is 31.3. The van der Waals surface area contributed by atoms with E-state index in [9.17, 15) is 14.4 Å². The summed E-state index contributed by atoms with van der Waals surface area (Å²) in [6.45, 7) is 2.12. The summed E-state index contributed by atoms with van der Waals surface area (Å²) in [4.78, 5) is 42.1. The van der Waals surface area contributed by atoms with E-state index in [1.807, 2.05) is 42.5 Å². The van der Waals surface area contributed by atoms with E-state index in [0.717, 1.165) is 24.8 Å². The number of ether oxygens (including phenoxy) is 1. The molecule has 2 aromatic rings. The third-order valence-corrected chi connectivity index (χ3v) is 8.23. The van der Waals surface area contributed by atoms with Crippen molar-refractivity contribution >= 4 is 17.8 Å². The topological polar surface area (TPSA) is 63.7 Å². The summed E-state index contributed by atoms with van der Waals surface area (Å²) in [5, 5.41) is 0. The maximum Gasteiger partial charge on any atom is 0.335 e. The zero-order valence-corrected chi connectivity index (χ0v) is 19.3. The van der Waals surface area contributed by atoms with Crippen molar-refractivity contribution in [1.82, 2.24) is 4.90 Å². The highest BCUT2D eigenvalue weighted by atomic mass is 16.5. The highest BCUT2D eigenvalue weighted by Gasteiger charge is 2.68. The van der Waals surface area contributed by atoms with E-state index in [2.05, 4.69) is 19.1 Å². The molecule has 5 nitrogen and oxygen atoms in total. The highest BCUT2D eigenvalue weighted by Crippen LogP contribution is 2.65. The van der Waals surface area contributed by atoms with Crippen molar-refractivity contribution in [1.29, 1.82) is 0 Å². The average molecular weight is 456 g/mol. The molecule has 3 fully saturated rings.